The number of aliphatic hydroxyl groups excluding tert-OH is 3. The van der Waals surface area contributed by atoms with Crippen LogP contribution in [0.1, 0.15) is 0 Å². The molecule has 1 saturated heterocycles. The normalized spacial score (nSPS) is 30.3. The maximum atomic E-state index is 10.5. The van der Waals surface area contributed by atoms with Gasteiger partial charge < -0.3 is 24.8 Å². The number of rotatable bonds is 4. The van der Waals surface area contributed by atoms with E-state index in [0.29, 0.717) is 0 Å². The summed E-state index contributed by atoms with van der Waals surface area (Å²) in [5, 5.41) is 38.7. The Kier molecular flexibility index (Phi) is 3.96. The highest BCUT2D eigenvalue weighted by Crippen LogP contribution is 2.26. The van der Waals surface area contributed by atoms with Gasteiger partial charge in [0.2, 0.25) is 0 Å². The first-order valence-electron chi connectivity index (χ1n) is 5.56. The fraction of sp³-hybridized carbons (Fsp3) is 0.455. The van der Waals surface area contributed by atoms with Crippen LogP contribution in [0, 0.1) is 10.1 Å². The van der Waals surface area contributed by atoms with E-state index >= 15 is 0 Å². The van der Waals surface area contributed by atoms with Gasteiger partial charge in [-0.15, -0.1) is 0 Å². The van der Waals surface area contributed by atoms with Crippen molar-refractivity contribution in [3.63, 3.8) is 0 Å². The summed E-state index contributed by atoms with van der Waals surface area (Å²) in [4.78, 5) is 9.93. The van der Waals surface area contributed by atoms with Crippen molar-refractivity contribution in [2.45, 2.75) is 24.6 Å². The lowest BCUT2D eigenvalue weighted by molar-refractivity contribution is -0.384. The van der Waals surface area contributed by atoms with Crippen LogP contribution in [0.15, 0.2) is 24.3 Å². The standard InChI is InChI=1S/C11H13NO7/c13-5-8-9(14)10(11(15)19-8)18-7-3-1-6(2-4-7)12(16)17/h1-4,8-11,13-15H,5H2/t8-,9-,10+,11?/m1/s1. The molecule has 0 saturated carbocycles. The average Bonchev–Trinajstić information content (AvgIpc) is 2.67. The Bertz CT molecular complexity index is 449. The third kappa shape index (κ3) is 2.82. The molecule has 0 spiro atoms. The molecule has 2 rings (SSSR count). The molecule has 0 bridgehead atoms. The molecule has 1 aliphatic rings. The molecule has 1 heterocycles. The third-order valence-electron chi connectivity index (χ3n) is 2.81. The molecule has 104 valence electrons. The van der Waals surface area contributed by atoms with Crippen LogP contribution in [-0.2, 0) is 4.74 Å². The fourth-order valence-corrected chi connectivity index (χ4v) is 1.80. The van der Waals surface area contributed by atoms with Crippen LogP contribution in [0.2, 0.25) is 0 Å². The lowest BCUT2D eigenvalue weighted by Gasteiger charge is -2.18. The molecule has 8 nitrogen and oxygen atoms in total. The van der Waals surface area contributed by atoms with Crippen molar-refractivity contribution in [3.8, 4) is 5.75 Å². The van der Waals surface area contributed by atoms with Crippen LogP contribution in [0.5, 0.6) is 5.75 Å². The van der Waals surface area contributed by atoms with E-state index in [1.54, 1.807) is 0 Å². The van der Waals surface area contributed by atoms with E-state index in [-0.39, 0.29) is 11.4 Å². The van der Waals surface area contributed by atoms with Crippen molar-refractivity contribution in [3.05, 3.63) is 34.4 Å². The minimum atomic E-state index is -1.37. The summed E-state index contributed by atoms with van der Waals surface area (Å²) >= 11 is 0. The Labute approximate surface area is 108 Å². The highest BCUT2D eigenvalue weighted by atomic mass is 16.7. The topological polar surface area (TPSA) is 122 Å². The minimum absolute atomic E-state index is 0.0932. The number of nitro groups is 1. The largest absolute Gasteiger partial charge is 0.482 e. The van der Waals surface area contributed by atoms with E-state index in [2.05, 4.69) is 0 Å². The molecule has 4 atom stereocenters. The van der Waals surface area contributed by atoms with Gasteiger partial charge >= 0.3 is 0 Å². The number of aliphatic hydroxyl groups is 3. The summed E-state index contributed by atoms with van der Waals surface area (Å²) in [6.07, 6.45) is -4.53. The Morgan fingerprint density at radius 2 is 1.95 bits per heavy atom. The van der Waals surface area contributed by atoms with Crippen LogP contribution in [0.3, 0.4) is 0 Å². The van der Waals surface area contributed by atoms with E-state index in [1.807, 2.05) is 0 Å². The molecule has 1 unspecified atom stereocenters. The molecule has 8 heteroatoms. The number of benzene rings is 1. The zero-order chi connectivity index (χ0) is 14.0. The van der Waals surface area contributed by atoms with E-state index in [1.165, 1.54) is 24.3 Å². The van der Waals surface area contributed by atoms with Crippen molar-refractivity contribution in [1.82, 2.24) is 0 Å². The predicted molar refractivity (Wildman–Crippen MR) is 61.5 cm³/mol. The maximum absolute atomic E-state index is 10.5. The molecule has 1 aliphatic heterocycles. The number of nitrogens with zero attached hydrogens (tertiary/aromatic N) is 1. The maximum Gasteiger partial charge on any atom is 0.269 e. The monoisotopic (exact) mass is 271 g/mol. The Morgan fingerprint density at radius 1 is 1.32 bits per heavy atom. The average molecular weight is 271 g/mol. The molecule has 0 aliphatic carbocycles. The van der Waals surface area contributed by atoms with Crippen LogP contribution in [-0.4, -0.2) is 51.5 Å². The number of ether oxygens (including phenoxy) is 2. The Morgan fingerprint density at radius 3 is 2.42 bits per heavy atom. The van der Waals surface area contributed by atoms with Gasteiger partial charge in [0, 0.05) is 12.1 Å². The lowest BCUT2D eigenvalue weighted by Crippen LogP contribution is -2.38. The second-order valence-electron chi connectivity index (χ2n) is 4.07. The SMILES string of the molecule is O=[N+]([O-])c1ccc(O[C@@H]2C(O)O[C@H](CO)[C@H]2O)cc1. The molecule has 19 heavy (non-hydrogen) atoms. The van der Waals surface area contributed by atoms with Crippen molar-refractivity contribution >= 4 is 5.69 Å². The van der Waals surface area contributed by atoms with E-state index < -0.39 is 36.1 Å². The summed E-state index contributed by atoms with van der Waals surface area (Å²) in [7, 11) is 0. The number of non-ortho nitro benzene ring substituents is 1. The van der Waals surface area contributed by atoms with Crippen LogP contribution >= 0.6 is 0 Å². The summed E-state index contributed by atoms with van der Waals surface area (Å²) in [5.41, 5.74) is -0.0932. The van der Waals surface area contributed by atoms with Crippen LogP contribution in [0.25, 0.3) is 0 Å². The first-order chi connectivity index (χ1) is 9.02. The smallest absolute Gasteiger partial charge is 0.269 e. The van der Waals surface area contributed by atoms with Crippen molar-refractivity contribution in [1.29, 1.82) is 0 Å². The molecule has 1 aromatic rings. The van der Waals surface area contributed by atoms with Gasteiger partial charge in [0.15, 0.2) is 12.4 Å². The van der Waals surface area contributed by atoms with Gasteiger partial charge in [-0.3, -0.25) is 10.1 Å². The third-order valence-corrected chi connectivity index (χ3v) is 2.81. The first kappa shape index (κ1) is 13.7. The first-order valence-corrected chi connectivity index (χ1v) is 5.56. The Balaban J connectivity index is 2.06. The molecule has 0 aromatic heterocycles. The van der Waals surface area contributed by atoms with Crippen LogP contribution in [0.4, 0.5) is 5.69 Å². The van der Waals surface area contributed by atoms with Crippen molar-refractivity contribution < 1.29 is 29.7 Å². The second-order valence-corrected chi connectivity index (χ2v) is 4.07. The summed E-state index contributed by atoms with van der Waals surface area (Å²) < 4.78 is 10.2. The fourth-order valence-electron chi connectivity index (χ4n) is 1.80. The summed E-state index contributed by atoms with van der Waals surface area (Å²) in [6, 6.07) is 5.19. The predicted octanol–water partition coefficient (Wildman–Crippen LogP) is -0.587. The van der Waals surface area contributed by atoms with Crippen molar-refractivity contribution in [2.75, 3.05) is 6.61 Å². The van der Waals surface area contributed by atoms with Gasteiger partial charge in [0.25, 0.3) is 5.69 Å². The zero-order valence-electron chi connectivity index (χ0n) is 9.75. The molecular formula is C11H13NO7. The summed E-state index contributed by atoms with van der Waals surface area (Å²) in [6.45, 7) is -0.446. The van der Waals surface area contributed by atoms with E-state index in [9.17, 15) is 20.3 Å². The number of hydrogen-bond acceptors (Lipinski definition) is 7. The van der Waals surface area contributed by atoms with Gasteiger partial charge in [-0.2, -0.15) is 0 Å². The highest BCUT2D eigenvalue weighted by molar-refractivity contribution is 5.36. The van der Waals surface area contributed by atoms with Gasteiger partial charge in [-0.05, 0) is 12.1 Å². The molecule has 0 radical (unpaired) electrons. The van der Waals surface area contributed by atoms with Gasteiger partial charge in [-0.25, -0.2) is 0 Å². The van der Waals surface area contributed by atoms with E-state index in [4.69, 9.17) is 14.6 Å². The van der Waals surface area contributed by atoms with Crippen LogP contribution < -0.4 is 4.74 Å². The van der Waals surface area contributed by atoms with Gasteiger partial charge in [-0.1, -0.05) is 0 Å². The zero-order valence-corrected chi connectivity index (χ0v) is 9.75. The highest BCUT2D eigenvalue weighted by Gasteiger charge is 2.44. The molecule has 3 N–H and O–H groups in total. The van der Waals surface area contributed by atoms with Gasteiger partial charge in [0.1, 0.15) is 18.0 Å². The quantitative estimate of drug-likeness (QED) is 0.494. The molecule has 1 aromatic carbocycles. The van der Waals surface area contributed by atoms with E-state index in [0.717, 1.165) is 0 Å². The molecule has 0 amide bonds. The second kappa shape index (κ2) is 5.49. The Hall–Kier alpha value is -1.74. The van der Waals surface area contributed by atoms with Gasteiger partial charge in [0.05, 0.1) is 11.5 Å². The molecule has 1 fully saturated rings. The lowest BCUT2D eigenvalue weighted by atomic mass is 10.1. The number of nitro benzene ring substituents is 1. The summed E-state index contributed by atoms with van der Waals surface area (Å²) in [5.74, 6) is 0.246. The minimum Gasteiger partial charge on any atom is -0.482 e. The molecular weight excluding hydrogens is 258 g/mol. The van der Waals surface area contributed by atoms with Crippen molar-refractivity contribution in [2.24, 2.45) is 0 Å². The number of hydrogen-bond donors (Lipinski definition) is 3.